The van der Waals surface area contributed by atoms with Crippen molar-refractivity contribution in [3.8, 4) is 17.3 Å². The normalized spacial score (nSPS) is 12.3. The lowest BCUT2D eigenvalue weighted by Gasteiger charge is -2.10. The van der Waals surface area contributed by atoms with E-state index in [0.29, 0.717) is 0 Å². The molecular formula is C16H11F5N4O5S. The average Bonchev–Trinajstić information content (AvgIpc) is 3.14. The van der Waals surface area contributed by atoms with Gasteiger partial charge in [-0.2, -0.15) is 8.78 Å². The van der Waals surface area contributed by atoms with E-state index < -0.39 is 35.2 Å². The number of ether oxygens (including phenoxy) is 2. The minimum atomic E-state index is -4.92. The summed E-state index contributed by atoms with van der Waals surface area (Å²) in [6, 6.07) is 4.55. The van der Waals surface area contributed by atoms with Gasteiger partial charge in [0.2, 0.25) is 15.7 Å². The molecule has 3 aromatic rings. The second-order valence-electron chi connectivity index (χ2n) is 5.70. The maximum atomic E-state index is 12.7. The second kappa shape index (κ2) is 8.43. The van der Waals surface area contributed by atoms with Crippen LogP contribution in [-0.4, -0.2) is 36.6 Å². The number of hydrogen-bond acceptors (Lipinski definition) is 9. The topological polar surface area (TPSA) is 130 Å². The number of alkyl halides is 5. The lowest BCUT2D eigenvalue weighted by molar-refractivity contribution is -0.274. The average molecular weight is 466 g/mol. The van der Waals surface area contributed by atoms with Crippen LogP contribution in [0.3, 0.4) is 0 Å². The number of aromatic nitrogens is 3. The van der Waals surface area contributed by atoms with Gasteiger partial charge in [0.1, 0.15) is 12.4 Å². The van der Waals surface area contributed by atoms with E-state index in [4.69, 9.17) is 10.2 Å². The predicted molar refractivity (Wildman–Crippen MR) is 91.3 cm³/mol. The Balaban J connectivity index is 1.83. The molecule has 2 N–H and O–H groups in total. The first-order chi connectivity index (χ1) is 14.5. The van der Waals surface area contributed by atoms with E-state index in [0.717, 1.165) is 36.5 Å². The number of hydrogen-bond donors (Lipinski definition) is 1. The molecule has 166 valence electrons. The first-order valence-electron chi connectivity index (χ1n) is 8.04. The number of anilines is 1. The Morgan fingerprint density at radius 1 is 1.10 bits per heavy atom. The molecule has 0 aliphatic heterocycles. The SMILES string of the molecule is Nc1cc(S(=O)(=O)c2ccc(OC(F)(F)F)cc2)cnc1-c1nnc(COC(F)F)o1. The molecule has 0 amide bonds. The Kier molecular flexibility index (Phi) is 6.08. The highest BCUT2D eigenvalue weighted by Gasteiger charge is 2.31. The summed E-state index contributed by atoms with van der Waals surface area (Å²) in [6.45, 7) is -3.71. The maximum Gasteiger partial charge on any atom is 0.573 e. The highest BCUT2D eigenvalue weighted by atomic mass is 32.2. The first kappa shape index (κ1) is 22.4. The molecule has 0 saturated carbocycles. The second-order valence-corrected chi connectivity index (χ2v) is 7.65. The number of pyridine rings is 1. The summed E-state index contributed by atoms with van der Waals surface area (Å²) in [7, 11) is -4.18. The molecule has 0 spiro atoms. The molecule has 1 aromatic carbocycles. The number of nitrogens with two attached hydrogens (primary N) is 1. The molecule has 0 bridgehead atoms. The fourth-order valence-electron chi connectivity index (χ4n) is 2.29. The highest BCUT2D eigenvalue weighted by Crippen LogP contribution is 2.29. The van der Waals surface area contributed by atoms with Crippen LogP contribution in [0.4, 0.5) is 27.6 Å². The first-order valence-corrected chi connectivity index (χ1v) is 9.53. The van der Waals surface area contributed by atoms with E-state index >= 15 is 0 Å². The van der Waals surface area contributed by atoms with Crippen LogP contribution in [-0.2, 0) is 21.2 Å². The highest BCUT2D eigenvalue weighted by molar-refractivity contribution is 7.91. The van der Waals surface area contributed by atoms with E-state index in [9.17, 15) is 30.4 Å². The zero-order chi connectivity index (χ0) is 22.8. The van der Waals surface area contributed by atoms with Crippen LogP contribution in [0.15, 0.2) is 50.7 Å². The third-order valence-electron chi connectivity index (χ3n) is 3.57. The Morgan fingerprint density at radius 3 is 2.35 bits per heavy atom. The number of nitrogens with zero attached hydrogens (tertiary/aromatic N) is 3. The van der Waals surface area contributed by atoms with E-state index in [1.165, 1.54) is 0 Å². The van der Waals surface area contributed by atoms with Gasteiger partial charge in [-0.1, -0.05) is 0 Å². The Bertz CT molecular complexity index is 1170. The van der Waals surface area contributed by atoms with Gasteiger partial charge in [-0.05, 0) is 30.3 Å². The van der Waals surface area contributed by atoms with Crippen molar-refractivity contribution >= 4 is 15.5 Å². The van der Waals surface area contributed by atoms with Gasteiger partial charge in [-0.15, -0.1) is 23.4 Å². The summed E-state index contributed by atoms with van der Waals surface area (Å²) < 4.78 is 98.9. The minimum Gasteiger partial charge on any atom is -0.417 e. The zero-order valence-corrected chi connectivity index (χ0v) is 15.8. The Hall–Kier alpha value is -3.33. The molecule has 0 atom stereocenters. The van der Waals surface area contributed by atoms with Crippen molar-refractivity contribution < 1.29 is 44.3 Å². The van der Waals surface area contributed by atoms with Crippen molar-refractivity contribution in [3.05, 3.63) is 42.4 Å². The van der Waals surface area contributed by atoms with E-state index in [2.05, 4.69) is 24.7 Å². The van der Waals surface area contributed by atoms with Gasteiger partial charge < -0.3 is 19.6 Å². The van der Waals surface area contributed by atoms with Crippen molar-refractivity contribution in [1.82, 2.24) is 15.2 Å². The van der Waals surface area contributed by atoms with Gasteiger partial charge in [0.15, 0.2) is 5.69 Å². The Labute approximate surface area is 170 Å². The van der Waals surface area contributed by atoms with Crippen molar-refractivity contribution in [2.75, 3.05) is 5.73 Å². The van der Waals surface area contributed by atoms with Gasteiger partial charge in [0, 0.05) is 6.20 Å². The molecular weight excluding hydrogens is 455 g/mol. The van der Waals surface area contributed by atoms with Gasteiger partial charge in [0.25, 0.3) is 5.89 Å². The van der Waals surface area contributed by atoms with E-state index in [1.54, 1.807) is 0 Å². The molecule has 0 aliphatic carbocycles. The number of halogens is 5. The summed E-state index contributed by atoms with van der Waals surface area (Å²) in [5.41, 5.74) is 5.50. The number of rotatable bonds is 7. The molecule has 2 aromatic heterocycles. The van der Waals surface area contributed by atoms with Crippen molar-refractivity contribution in [3.63, 3.8) is 0 Å². The molecule has 3 rings (SSSR count). The van der Waals surface area contributed by atoms with Crippen LogP contribution >= 0.6 is 0 Å². The van der Waals surface area contributed by atoms with Crippen molar-refractivity contribution in [2.45, 2.75) is 29.4 Å². The standard InChI is InChI=1S/C16H11F5N4O5S/c17-15(18)28-7-12-24-25-14(29-12)13-11(22)5-10(6-23-13)31(26,27)9-3-1-8(2-4-9)30-16(19,20)21/h1-6,15H,7,22H2. The number of benzene rings is 1. The van der Waals surface area contributed by atoms with Crippen molar-refractivity contribution in [1.29, 1.82) is 0 Å². The zero-order valence-electron chi connectivity index (χ0n) is 15.0. The van der Waals surface area contributed by atoms with E-state index in [-0.39, 0.29) is 33.0 Å². The van der Waals surface area contributed by atoms with Gasteiger partial charge in [0.05, 0.1) is 15.5 Å². The Morgan fingerprint density at radius 2 is 1.77 bits per heavy atom. The minimum absolute atomic E-state index is 0.108. The van der Waals surface area contributed by atoms with Gasteiger partial charge >= 0.3 is 13.0 Å². The molecule has 0 fully saturated rings. The summed E-state index contributed by atoms with van der Waals surface area (Å²) in [5, 5.41) is 7.05. The van der Waals surface area contributed by atoms with Crippen LogP contribution in [0.25, 0.3) is 11.6 Å². The van der Waals surface area contributed by atoms with Crippen LogP contribution < -0.4 is 10.5 Å². The fourth-order valence-corrected chi connectivity index (χ4v) is 3.53. The number of sulfone groups is 1. The van der Waals surface area contributed by atoms with Crippen molar-refractivity contribution in [2.24, 2.45) is 0 Å². The predicted octanol–water partition coefficient (Wildman–Crippen LogP) is 3.18. The summed E-state index contributed by atoms with van der Waals surface area (Å²) in [4.78, 5) is 3.16. The summed E-state index contributed by atoms with van der Waals surface area (Å²) >= 11 is 0. The summed E-state index contributed by atoms with van der Waals surface area (Å²) in [5.74, 6) is -1.14. The monoisotopic (exact) mass is 466 g/mol. The third kappa shape index (κ3) is 5.43. The van der Waals surface area contributed by atoms with Gasteiger partial charge in [-0.25, -0.2) is 13.4 Å². The molecule has 15 heteroatoms. The molecule has 0 unspecified atom stereocenters. The molecule has 2 heterocycles. The van der Waals surface area contributed by atoms with Crippen LogP contribution in [0, 0.1) is 0 Å². The molecule has 0 saturated heterocycles. The lowest BCUT2D eigenvalue weighted by Crippen LogP contribution is -2.17. The molecule has 0 aliphatic rings. The van der Waals surface area contributed by atoms with Crippen LogP contribution in [0.2, 0.25) is 0 Å². The van der Waals surface area contributed by atoms with Crippen LogP contribution in [0.5, 0.6) is 5.75 Å². The van der Waals surface area contributed by atoms with E-state index in [1.807, 2.05) is 0 Å². The quantitative estimate of drug-likeness (QED) is 0.522. The lowest BCUT2D eigenvalue weighted by atomic mass is 10.3. The largest absolute Gasteiger partial charge is 0.573 e. The third-order valence-corrected chi connectivity index (χ3v) is 5.31. The smallest absolute Gasteiger partial charge is 0.417 e. The molecule has 31 heavy (non-hydrogen) atoms. The number of nitrogen functional groups attached to an aromatic ring is 1. The van der Waals surface area contributed by atoms with Crippen LogP contribution in [0.1, 0.15) is 5.89 Å². The fraction of sp³-hybridized carbons (Fsp3) is 0.188. The maximum absolute atomic E-state index is 12.7. The van der Waals surface area contributed by atoms with Gasteiger partial charge in [-0.3, -0.25) is 0 Å². The summed E-state index contributed by atoms with van der Waals surface area (Å²) in [6.07, 6.45) is -4.00. The molecule has 0 radical (unpaired) electrons. The molecule has 9 nitrogen and oxygen atoms in total.